The van der Waals surface area contributed by atoms with E-state index in [1.165, 1.54) is 0 Å². The lowest BCUT2D eigenvalue weighted by Gasteiger charge is -2.10. The van der Waals surface area contributed by atoms with Gasteiger partial charge in [-0.15, -0.1) is 22.5 Å². The van der Waals surface area contributed by atoms with E-state index in [1.54, 1.807) is 6.33 Å². The lowest BCUT2D eigenvalue weighted by molar-refractivity contribution is -0.116. The highest BCUT2D eigenvalue weighted by Gasteiger charge is 2.39. The van der Waals surface area contributed by atoms with Crippen LogP contribution in [0, 0.1) is 12.3 Å². The minimum Gasteiger partial charge on any atom is -0.326 e. The Morgan fingerprint density at radius 3 is 2.92 bits per heavy atom. The van der Waals surface area contributed by atoms with Crippen LogP contribution in [-0.4, -0.2) is 26.3 Å². The first kappa shape index (κ1) is 16.8. The van der Waals surface area contributed by atoms with Gasteiger partial charge in [-0.25, -0.2) is 0 Å². The molecule has 128 valence electrons. The van der Waals surface area contributed by atoms with E-state index in [0.29, 0.717) is 25.7 Å². The molecule has 7 nitrogen and oxygen atoms in total. The van der Waals surface area contributed by atoms with E-state index in [4.69, 9.17) is 6.42 Å². The number of hydrogen-bond donors (Lipinski definition) is 1. The summed E-state index contributed by atoms with van der Waals surface area (Å²) in [4.78, 5) is 12.2. The summed E-state index contributed by atoms with van der Waals surface area (Å²) >= 11 is 0. The lowest BCUT2D eigenvalue weighted by Crippen LogP contribution is -2.17. The Bertz CT molecular complexity index is 826. The Morgan fingerprint density at radius 1 is 1.36 bits per heavy atom. The fourth-order valence-corrected chi connectivity index (χ4v) is 2.65. The average molecular weight is 336 g/mol. The van der Waals surface area contributed by atoms with Crippen LogP contribution in [0.25, 0.3) is 11.4 Å². The van der Waals surface area contributed by atoms with Gasteiger partial charge in [0.2, 0.25) is 5.91 Å². The van der Waals surface area contributed by atoms with Gasteiger partial charge < -0.3 is 9.88 Å². The van der Waals surface area contributed by atoms with E-state index in [0.717, 1.165) is 23.6 Å². The quantitative estimate of drug-likeness (QED) is 0.751. The highest BCUT2D eigenvalue weighted by atomic mass is 16.1. The Balaban J connectivity index is 1.59. The number of anilines is 1. The average Bonchev–Trinajstić information content (AvgIpc) is 3.23. The van der Waals surface area contributed by atoms with E-state index in [1.807, 2.05) is 35.8 Å². The molecule has 0 aliphatic carbocycles. The van der Waals surface area contributed by atoms with E-state index >= 15 is 0 Å². The fraction of sp³-hybridized carbons (Fsp3) is 0.389. The molecule has 0 atom stereocenters. The van der Waals surface area contributed by atoms with Crippen LogP contribution in [-0.2, 0) is 11.3 Å². The molecule has 2 heterocycles. The summed E-state index contributed by atoms with van der Waals surface area (Å²) in [5.74, 6) is 3.30. The SMILES string of the molecule is C#CCCC1(CCC(=O)Nc2cccc(-c3nncn3CC)c2)N=N1. The maximum Gasteiger partial charge on any atom is 0.224 e. The van der Waals surface area contributed by atoms with Crippen LogP contribution in [0.15, 0.2) is 40.8 Å². The number of terminal acetylenes is 1. The summed E-state index contributed by atoms with van der Waals surface area (Å²) in [5.41, 5.74) is 1.22. The number of amides is 1. The molecule has 1 aromatic heterocycles. The van der Waals surface area contributed by atoms with Crippen LogP contribution in [0.3, 0.4) is 0 Å². The van der Waals surface area contributed by atoms with Crippen molar-refractivity contribution in [2.24, 2.45) is 10.2 Å². The number of benzene rings is 1. The molecule has 0 spiro atoms. The molecule has 0 saturated heterocycles. The summed E-state index contributed by atoms with van der Waals surface area (Å²) < 4.78 is 1.95. The van der Waals surface area contributed by atoms with Crippen molar-refractivity contribution in [1.29, 1.82) is 0 Å². The zero-order valence-corrected chi connectivity index (χ0v) is 14.1. The van der Waals surface area contributed by atoms with Crippen LogP contribution in [0.1, 0.15) is 32.6 Å². The van der Waals surface area contributed by atoms with Gasteiger partial charge in [0.1, 0.15) is 6.33 Å². The van der Waals surface area contributed by atoms with E-state index in [9.17, 15) is 4.79 Å². The predicted octanol–water partition coefficient (Wildman–Crippen LogP) is 3.26. The molecule has 2 aromatic rings. The number of carbonyl (C=O) groups excluding carboxylic acids is 1. The number of nitrogens with zero attached hydrogens (tertiary/aromatic N) is 5. The first-order valence-corrected chi connectivity index (χ1v) is 8.31. The molecular formula is C18H20N6O. The third-order valence-electron chi connectivity index (χ3n) is 4.17. The number of carbonyl (C=O) groups is 1. The summed E-state index contributed by atoms with van der Waals surface area (Å²) in [7, 11) is 0. The molecule has 0 saturated carbocycles. The fourth-order valence-electron chi connectivity index (χ4n) is 2.65. The number of hydrogen-bond acceptors (Lipinski definition) is 5. The van der Waals surface area contributed by atoms with Gasteiger partial charge in [-0.3, -0.25) is 4.79 Å². The van der Waals surface area contributed by atoms with Gasteiger partial charge in [-0.05, 0) is 19.1 Å². The van der Waals surface area contributed by atoms with Crippen LogP contribution in [0.5, 0.6) is 0 Å². The maximum atomic E-state index is 12.2. The topological polar surface area (TPSA) is 84.5 Å². The molecule has 1 N–H and O–H groups in total. The summed E-state index contributed by atoms with van der Waals surface area (Å²) in [5, 5.41) is 19.1. The third-order valence-corrected chi connectivity index (χ3v) is 4.17. The van der Waals surface area contributed by atoms with Crippen LogP contribution in [0.4, 0.5) is 5.69 Å². The van der Waals surface area contributed by atoms with Crippen LogP contribution in [0.2, 0.25) is 0 Å². The molecule has 1 aliphatic heterocycles. The molecule has 1 amide bonds. The molecule has 25 heavy (non-hydrogen) atoms. The van der Waals surface area contributed by atoms with Gasteiger partial charge in [-0.1, -0.05) is 12.1 Å². The maximum absolute atomic E-state index is 12.2. The monoisotopic (exact) mass is 336 g/mol. The smallest absolute Gasteiger partial charge is 0.224 e. The largest absolute Gasteiger partial charge is 0.326 e. The second kappa shape index (κ2) is 7.26. The predicted molar refractivity (Wildman–Crippen MR) is 94.6 cm³/mol. The Labute approximate surface area is 146 Å². The van der Waals surface area contributed by atoms with Crippen molar-refractivity contribution in [3.8, 4) is 23.7 Å². The van der Waals surface area contributed by atoms with Crippen molar-refractivity contribution < 1.29 is 4.79 Å². The standard InChI is InChI=1S/C18H20N6O/c1-3-5-10-18(22-23-18)11-9-16(25)20-15-8-6-7-14(12-15)17-21-19-13-24(17)4-2/h1,6-8,12-13H,4-5,9-11H2,2H3,(H,20,25). The molecular weight excluding hydrogens is 316 g/mol. The third kappa shape index (κ3) is 4.10. The molecule has 0 unspecified atom stereocenters. The minimum atomic E-state index is -0.427. The van der Waals surface area contributed by atoms with E-state index in [-0.39, 0.29) is 5.91 Å². The summed E-state index contributed by atoms with van der Waals surface area (Å²) in [6.45, 7) is 2.81. The zero-order valence-electron chi connectivity index (χ0n) is 14.1. The van der Waals surface area contributed by atoms with Crippen LogP contribution >= 0.6 is 0 Å². The van der Waals surface area contributed by atoms with Gasteiger partial charge in [0.05, 0.1) is 0 Å². The number of aryl methyl sites for hydroxylation is 1. The highest BCUT2D eigenvalue weighted by Crippen LogP contribution is 2.37. The lowest BCUT2D eigenvalue weighted by atomic mass is 10.0. The van der Waals surface area contributed by atoms with Gasteiger partial charge in [-0.2, -0.15) is 10.2 Å². The number of aromatic nitrogens is 3. The van der Waals surface area contributed by atoms with Gasteiger partial charge in [0.15, 0.2) is 11.5 Å². The van der Waals surface area contributed by atoms with E-state index in [2.05, 4.69) is 31.7 Å². The minimum absolute atomic E-state index is 0.0634. The van der Waals surface area contributed by atoms with Gasteiger partial charge in [0, 0.05) is 43.5 Å². The molecule has 3 rings (SSSR count). The molecule has 0 fully saturated rings. The molecule has 0 radical (unpaired) electrons. The van der Waals surface area contributed by atoms with Crippen molar-refractivity contribution in [1.82, 2.24) is 14.8 Å². The first-order chi connectivity index (χ1) is 12.2. The van der Waals surface area contributed by atoms with Crippen molar-refractivity contribution in [3.05, 3.63) is 30.6 Å². The second-order valence-corrected chi connectivity index (χ2v) is 5.96. The van der Waals surface area contributed by atoms with Crippen molar-refractivity contribution in [3.63, 3.8) is 0 Å². The zero-order chi connectivity index (χ0) is 17.7. The Hall–Kier alpha value is -3.01. The molecule has 1 aliphatic rings. The summed E-state index contributed by atoms with van der Waals surface area (Å²) in [6.07, 6.45) is 9.23. The van der Waals surface area contributed by atoms with Crippen LogP contribution < -0.4 is 5.32 Å². The Kier molecular flexibility index (Phi) is 4.89. The highest BCUT2D eigenvalue weighted by molar-refractivity contribution is 5.91. The van der Waals surface area contributed by atoms with Crippen molar-refractivity contribution >= 4 is 11.6 Å². The van der Waals surface area contributed by atoms with Crippen molar-refractivity contribution in [2.75, 3.05) is 5.32 Å². The van der Waals surface area contributed by atoms with Crippen molar-refractivity contribution in [2.45, 2.75) is 44.8 Å². The first-order valence-electron chi connectivity index (χ1n) is 8.31. The molecule has 7 heteroatoms. The second-order valence-electron chi connectivity index (χ2n) is 5.96. The molecule has 1 aromatic carbocycles. The normalized spacial score (nSPS) is 14.1. The number of nitrogens with one attached hydrogen (secondary N) is 1. The van der Waals surface area contributed by atoms with Gasteiger partial charge in [0.25, 0.3) is 0 Å². The Morgan fingerprint density at radius 2 is 2.20 bits per heavy atom. The summed E-state index contributed by atoms with van der Waals surface area (Å²) in [6, 6.07) is 7.59. The van der Waals surface area contributed by atoms with Gasteiger partial charge >= 0.3 is 0 Å². The van der Waals surface area contributed by atoms with E-state index < -0.39 is 5.66 Å². The number of rotatable bonds is 8. The molecule has 0 bridgehead atoms.